The van der Waals surface area contributed by atoms with Crippen LogP contribution in [0, 0.1) is 5.92 Å². The van der Waals surface area contributed by atoms with E-state index in [2.05, 4.69) is 10.2 Å². The van der Waals surface area contributed by atoms with Crippen molar-refractivity contribution < 1.29 is 9.90 Å². The van der Waals surface area contributed by atoms with E-state index in [1.54, 1.807) is 22.7 Å². The van der Waals surface area contributed by atoms with E-state index in [1.165, 1.54) is 19.3 Å². The van der Waals surface area contributed by atoms with E-state index in [4.69, 9.17) is 5.11 Å². The van der Waals surface area contributed by atoms with Crippen molar-refractivity contribution in [3.05, 3.63) is 29.7 Å². The van der Waals surface area contributed by atoms with E-state index in [0.717, 1.165) is 12.2 Å². The van der Waals surface area contributed by atoms with Crippen LogP contribution in [-0.4, -0.2) is 25.7 Å². The van der Waals surface area contributed by atoms with Crippen LogP contribution in [0.25, 0.3) is 5.65 Å². The highest BCUT2D eigenvalue weighted by Gasteiger charge is 2.20. The first-order chi connectivity index (χ1) is 8.24. The lowest BCUT2D eigenvalue weighted by Gasteiger charge is -2.24. The van der Waals surface area contributed by atoms with Gasteiger partial charge in [-0.15, -0.1) is 10.2 Å². The summed E-state index contributed by atoms with van der Waals surface area (Å²) in [5, 5.41) is 17.1. The Hall–Kier alpha value is -1.91. The monoisotopic (exact) mass is 231 g/mol. The van der Waals surface area contributed by atoms with Gasteiger partial charge in [-0.05, 0) is 18.1 Å². The minimum absolute atomic E-state index is 0.271. The lowest BCUT2D eigenvalue weighted by molar-refractivity contribution is 0.0696. The average Bonchev–Trinajstić information content (AvgIpc) is 2.65. The van der Waals surface area contributed by atoms with Crippen LogP contribution in [0.4, 0.5) is 0 Å². The van der Waals surface area contributed by atoms with Crippen LogP contribution in [0.3, 0.4) is 0 Å². The fraction of sp³-hybridized carbons (Fsp3) is 0.417. The zero-order valence-corrected chi connectivity index (χ0v) is 9.33. The summed E-state index contributed by atoms with van der Waals surface area (Å²) in [4.78, 5) is 10.9. The highest BCUT2D eigenvalue weighted by molar-refractivity contribution is 5.87. The molecular weight excluding hydrogens is 218 g/mol. The van der Waals surface area contributed by atoms with Crippen molar-refractivity contribution in [2.45, 2.75) is 25.7 Å². The van der Waals surface area contributed by atoms with Gasteiger partial charge in [-0.1, -0.05) is 19.3 Å². The lowest BCUT2D eigenvalue weighted by atomic mass is 9.83. The average molecular weight is 231 g/mol. The predicted octanol–water partition coefficient (Wildman–Crippen LogP) is 1.77. The molecule has 88 valence electrons. The summed E-state index contributed by atoms with van der Waals surface area (Å²) in [5.74, 6) is 0.638. The van der Waals surface area contributed by atoms with Gasteiger partial charge in [-0.2, -0.15) is 0 Å². The summed E-state index contributed by atoms with van der Waals surface area (Å²) in [7, 11) is 0. The van der Waals surface area contributed by atoms with E-state index in [-0.39, 0.29) is 5.56 Å². The van der Waals surface area contributed by atoms with Gasteiger partial charge in [0.25, 0.3) is 0 Å². The molecule has 0 amide bonds. The van der Waals surface area contributed by atoms with Gasteiger partial charge in [0.15, 0.2) is 5.65 Å². The van der Waals surface area contributed by atoms with Crippen molar-refractivity contribution in [1.82, 2.24) is 14.6 Å². The molecule has 0 saturated heterocycles. The normalized spacial score (nSPS) is 16.0. The van der Waals surface area contributed by atoms with E-state index in [9.17, 15) is 4.79 Å². The quantitative estimate of drug-likeness (QED) is 0.874. The first-order valence-electron chi connectivity index (χ1n) is 5.81. The minimum Gasteiger partial charge on any atom is -0.478 e. The zero-order valence-electron chi connectivity index (χ0n) is 9.33. The van der Waals surface area contributed by atoms with Crippen molar-refractivity contribution in [2.75, 3.05) is 0 Å². The Morgan fingerprint density at radius 1 is 1.41 bits per heavy atom. The lowest BCUT2D eigenvalue weighted by Crippen LogP contribution is -2.15. The predicted molar refractivity (Wildman–Crippen MR) is 61.0 cm³/mol. The first kappa shape index (κ1) is 10.3. The summed E-state index contributed by atoms with van der Waals surface area (Å²) in [5.41, 5.74) is 0.983. The Labute approximate surface area is 98.1 Å². The molecule has 1 N–H and O–H groups in total. The number of hydrogen-bond donors (Lipinski definition) is 1. The van der Waals surface area contributed by atoms with Gasteiger partial charge in [0, 0.05) is 12.6 Å². The molecule has 0 unspecified atom stereocenters. The van der Waals surface area contributed by atoms with Gasteiger partial charge in [0.1, 0.15) is 5.82 Å². The number of aromatic carboxylic acids is 1. The molecule has 0 spiro atoms. The van der Waals surface area contributed by atoms with Gasteiger partial charge >= 0.3 is 5.97 Å². The van der Waals surface area contributed by atoms with Crippen molar-refractivity contribution in [3.8, 4) is 0 Å². The highest BCUT2D eigenvalue weighted by Crippen LogP contribution is 2.29. The smallest absolute Gasteiger partial charge is 0.337 e. The fourth-order valence-electron chi connectivity index (χ4n) is 2.16. The molecule has 2 heterocycles. The van der Waals surface area contributed by atoms with Crippen LogP contribution in [-0.2, 0) is 6.42 Å². The number of rotatable bonds is 3. The largest absolute Gasteiger partial charge is 0.478 e. The minimum atomic E-state index is -0.921. The van der Waals surface area contributed by atoms with Crippen LogP contribution >= 0.6 is 0 Å². The second kappa shape index (κ2) is 3.84. The molecule has 1 aliphatic carbocycles. The maximum absolute atomic E-state index is 10.9. The van der Waals surface area contributed by atoms with Crippen LogP contribution in [0.1, 0.15) is 35.4 Å². The Morgan fingerprint density at radius 2 is 2.24 bits per heavy atom. The maximum atomic E-state index is 10.9. The summed E-state index contributed by atoms with van der Waals surface area (Å²) in [6.07, 6.45) is 6.28. The molecular formula is C12H13N3O2. The Bertz CT molecular complexity index is 572. The van der Waals surface area contributed by atoms with Gasteiger partial charge in [0.2, 0.25) is 0 Å². The van der Waals surface area contributed by atoms with E-state index < -0.39 is 5.97 Å². The molecule has 2 aromatic rings. The number of carboxylic acids is 1. The topological polar surface area (TPSA) is 67.5 Å². The molecule has 1 saturated carbocycles. The van der Waals surface area contributed by atoms with Crippen molar-refractivity contribution in [2.24, 2.45) is 5.92 Å². The Morgan fingerprint density at radius 3 is 2.88 bits per heavy atom. The van der Waals surface area contributed by atoms with Gasteiger partial charge < -0.3 is 5.11 Å². The van der Waals surface area contributed by atoms with Crippen molar-refractivity contribution in [1.29, 1.82) is 0 Å². The molecule has 5 nitrogen and oxygen atoms in total. The molecule has 2 aromatic heterocycles. The third-order valence-corrected chi connectivity index (χ3v) is 3.42. The van der Waals surface area contributed by atoms with E-state index in [1.807, 2.05) is 0 Å². The Kier molecular flexibility index (Phi) is 2.31. The first-order valence-corrected chi connectivity index (χ1v) is 5.81. The van der Waals surface area contributed by atoms with Crippen molar-refractivity contribution in [3.63, 3.8) is 0 Å². The molecule has 0 bridgehead atoms. The standard InChI is InChI=1S/C12H13N3O2/c16-12(17)9-4-5-10-13-14-11(15(10)7-9)6-8-2-1-3-8/h4-5,7-8H,1-3,6H2,(H,16,17). The molecule has 1 fully saturated rings. The van der Waals surface area contributed by atoms with Gasteiger partial charge in [-0.25, -0.2) is 4.79 Å². The molecule has 3 rings (SSSR count). The number of hydrogen-bond acceptors (Lipinski definition) is 3. The molecule has 0 atom stereocenters. The number of pyridine rings is 1. The molecule has 17 heavy (non-hydrogen) atoms. The van der Waals surface area contributed by atoms with Crippen LogP contribution in [0.15, 0.2) is 18.3 Å². The number of fused-ring (bicyclic) bond motifs is 1. The Balaban J connectivity index is 1.99. The summed E-state index contributed by atoms with van der Waals surface area (Å²) >= 11 is 0. The third-order valence-electron chi connectivity index (χ3n) is 3.42. The van der Waals surface area contributed by atoms with Crippen LogP contribution < -0.4 is 0 Å². The third kappa shape index (κ3) is 1.77. The summed E-state index contributed by atoms with van der Waals surface area (Å²) in [6.45, 7) is 0. The molecule has 5 heteroatoms. The van der Waals surface area contributed by atoms with Crippen molar-refractivity contribution >= 4 is 11.6 Å². The number of carbonyl (C=O) groups is 1. The van der Waals surface area contributed by atoms with Crippen LogP contribution in [0.5, 0.6) is 0 Å². The zero-order chi connectivity index (χ0) is 11.8. The summed E-state index contributed by atoms with van der Waals surface area (Å²) < 4.78 is 1.79. The van der Waals surface area contributed by atoms with E-state index in [0.29, 0.717) is 11.6 Å². The molecule has 1 aliphatic rings. The molecule has 0 radical (unpaired) electrons. The SMILES string of the molecule is O=C(O)c1ccc2nnc(CC3CCC3)n2c1. The number of nitrogens with zero attached hydrogens (tertiary/aromatic N) is 3. The second-order valence-corrected chi connectivity index (χ2v) is 4.57. The fourth-order valence-corrected chi connectivity index (χ4v) is 2.16. The molecule has 0 aliphatic heterocycles. The van der Waals surface area contributed by atoms with Gasteiger partial charge in [0.05, 0.1) is 5.56 Å². The summed E-state index contributed by atoms with van der Waals surface area (Å²) in [6, 6.07) is 3.25. The molecule has 0 aromatic carbocycles. The number of carboxylic acid groups (broad SMARTS) is 1. The van der Waals surface area contributed by atoms with Gasteiger partial charge in [-0.3, -0.25) is 4.40 Å². The highest BCUT2D eigenvalue weighted by atomic mass is 16.4. The second-order valence-electron chi connectivity index (χ2n) is 4.57. The number of aromatic nitrogens is 3. The maximum Gasteiger partial charge on any atom is 0.337 e. The van der Waals surface area contributed by atoms with Crippen LogP contribution in [0.2, 0.25) is 0 Å². The van der Waals surface area contributed by atoms with E-state index >= 15 is 0 Å².